The lowest BCUT2D eigenvalue weighted by Gasteiger charge is -2.10. The number of anilines is 1. The number of carbonyl (C=O) groups excluding carboxylic acids is 1. The average Bonchev–Trinajstić information content (AvgIpc) is 2.90. The van der Waals surface area contributed by atoms with Crippen molar-refractivity contribution in [2.24, 2.45) is 0 Å². The minimum absolute atomic E-state index is 0.105. The summed E-state index contributed by atoms with van der Waals surface area (Å²) in [4.78, 5) is 22.8. The maximum Gasteiger partial charge on any atom is 0.337 e. The number of amides is 1. The zero-order valence-electron chi connectivity index (χ0n) is 10.6. The minimum atomic E-state index is -1.05. The van der Waals surface area contributed by atoms with E-state index in [1.54, 1.807) is 18.2 Å². The van der Waals surface area contributed by atoms with Crippen LogP contribution in [0.1, 0.15) is 36.0 Å². The van der Waals surface area contributed by atoms with Gasteiger partial charge in [-0.15, -0.1) is 0 Å². The van der Waals surface area contributed by atoms with Gasteiger partial charge in [0, 0.05) is 13.0 Å². The maximum absolute atomic E-state index is 11.8. The van der Waals surface area contributed by atoms with E-state index in [4.69, 9.17) is 9.84 Å². The number of carboxylic acids is 1. The molecule has 5 nitrogen and oxygen atoms in total. The van der Waals surface area contributed by atoms with Crippen LogP contribution in [-0.2, 0) is 9.53 Å². The van der Waals surface area contributed by atoms with Crippen molar-refractivity contribution in [3.63, 3.8) is 0 Å². The second-order valence-corrected chi connectivity index (χ2v) is 4.57. The molecule has 1 heterocycles. The predicted molar refractivity (Wildman–Crippen MR) is 70.2 cm³/mol. The SMILES string of the molecule is O=C(CCC1CCCO1)Nc1ccccc1C(=O)O. The van der Waals surface area contributed by atoms with Crippen molar-refractivity contribution in [3.8, 4) is 0 Å². The summed E-state index contributed by atoms with van der Waals surface area (Å²) in [6.07, 6.45) is 3.24. The lowest BCUT2D eigenvalue weighted by atomic mass is 10.1. The van der Waals surface area contributed by atoms with Crippen LogP contribution in [0.2, 0.25) is 0 Å². The van der Waals surface area contributed by atoms with Crippen molar-refractivity contribution in [1.29, 1.82) is 0 Å². The van der Waals surface area contributed by atoms with Crippen LogP contribution in [0.25, 0.3) is 0 Å². The predicted octanol–water partition coefficient (Wildman–Crippen LogP) is 2.28. The molecule has 0 saturated carbocycles. The third-order valence-electron chi connectivity index (χ3n) is 3.15. The second kappa shape index (κ2) is 6.33. The molecule has 1 saturated heterocycles. The van der Waals surface area contributed by atoms with Crippen LogP contribution in [0.3, 0.4) is 0 Å². The molecule has 0 bridgehead atoms. The number of benzene rings is 1. The molecule has 0 aromatic heterocycles. The summed E-state index contributed by atoms with van der Waals surface area (Å²) in [7, 11) is 0. The molecule has 1 aliphatic rings. The number of hydrogen-bond acceptors (Lipinski definition) is 3. The Labute approximate surface area is 111 Å². The largest absolute Gasteiger partial charge is 0.478 e. The van der Waals surface area contributed by atoms with Crippen molar-refractivity contribution in [3.05, 3.63) is 29.8 Å². The van der Waals surface area contributed by atoms with Gasteiger partial charge in [-0.3, -0.25) is 4.79 Å². The molecule has 1 fully saturated rings. The highest BCUT2D eigenvalue weighted by molar-refractivity contribution is 6.00. The summed E-state index contributed by atoms with van der Waals surface area (Å²) in [5, 5.41) is 11.7. The number of aromatic carboxylic acids is 1. The maximum atomic E-state index is 11.8. The Morgan fingerprint density at radius 3 is 2.84 bits per heavy atom. The number of ether oxygens (including phenoxy) is 1. The number of rotatable bonds is 5. The van der Waals surface area contributed by atoms with E-state index in [9.17, 15) is 9.59 Å². The van der Waals surface area contributed by atoms with E-state index in [1.165, 1.54) is 6.07 Å². The van der Waals surface area contributed by atoms with Gasteiger partial charge in [-0.1, -0.05) is 12.1 Å². The van der Waals surface area contributed by atoms with Crippen LogP contribution in [0.15, 0.2) is 24.3 Å². The molecular formula is C14H17NO4. The van der Waals surface area contributed by atoms with E-state index < -0.39 is 5.97 Å². The highest BCUT2D eigenvalue weighted by atomic mass is 16.5. The third kappa shape index (κ3) is 3.79. The van der Waals surface area contributed by atoms with Crippen LogP contribution >= 0.6 is 0 Å². The van der Waals surface area contributed by atoms with Gasteiger partial charge in [0.1, 0.15) is 0 Å². The lowest BCUT2D eigenvalue weighted by molar-refractivity contribution is -0.116. The topological polar surface area (TPSA) is 75.6 Å². The average molecular weight is 263 g/mol. The first-order valence-corrected chi connectivity index (χ1v) is 6.40. The fourth-order valence-electron chi connectivity index (χ4n) is 2.16. The molecule has 102 valence electrons. The lowest BCUT2D eigenvalue weighted by Crippen LogP contribution is -2.17. The molecule has 0 radical (unpaired) electrons. The zero-order valence-corrected chi connectivity index (χ0v) is 10.6. The molecule has 1 aromatic carbocycles. The van der Waals surface area contributed by atoms with E-state index in [0.717, 1.165) is 19.4 Å². The van der Waals surface area contributed by atoms with Gasteiger partial charge in [0.15, 0.2) is 0 Å². The molecule has 5 heteroatoms. The molecule has 2 rings (SSSR count). The van der Waals surface area contributed by atoms with Crippen molar-refractivity contribution in [2.75, 3.05) is 11.9 Å². The Bertz CT molecular complexity index is 466. The molecular weight excluding hydrogens is 246 g/mol. The van der Waals surface area contributed by atoms with Crippen LogP contribution in [0.5, 0.6) is 0 Å². The Hall–Kier alpha value is -1.88. The van der Waals surface area contributed by atoms with E-state index in [2.05, 4.69) is 5.32 Å². The van der Waals surface area contributed by atoms with Gasteiger partial charge in [0.05, 0.1) is 17.4 Å². The quantitative estimate of drug-likeness (QED) is 0.854. The van der Waals surface area contributed by atoms with Gasteiger partial charge < -0.3 is 15.2 Å². The first-order valence-electron chi connectivity index (χ1n) is 6.40. The van der Waals surface area contributed by atoms with Crippen molar-refractivity contribution < 1.29 is 19.4 Å². The van der Waals surface area contributed by atoms with Gasteiger partial charge in [0.25, 0.3) is 0 Å². The molecule has 1 atom stereocenters. The third-order valence-corrected chi connectivity index (χ3v) is 3.15. The van der Waals surface area contributed by atoms with Gasteiger partial charge >= 0.3 is 5.97 Å². The number of nitrogens with one attached hydrogen (secondary N) is 1. The fraction of sp³-hybridized carbons (Fsp3) is 0.429. The smallest absolute Gasteiger partial charge is 0.337 e. The van der Waals surface area contributed by atoms with Gasteiger partial charge in [-0.2, -0.15) is 0 Å². The van der Waals surface area contributed by atoms with Crippen LogP contribution in [0.4, 0.5) is 5.69 Å². The van der Waals surface area contributed by atoms with Crippen molar-refractivity contribution in [1.82, 2.24) is 0 Å². The fourth-order valence-corrected chi connectivity index (χ4v) is 2.16. The summed E-state index contributed by atoms with van der Waals surface area (Å²) in [6.45, 7) is 0.772. The molecule has 19 heavy (non-hydrogen) atoms. The van der Waals surface area contributed by atoms with E-state index in [1.807, 2.05) is 0 Å². The number of carboxylic acid groups (broad SMARTS) is 1. The molecule has 1 unspecified atom stereocenters. The summed E-state index contributed by atoms with van der Waals surface area (Å²) in [6, 6.07) is 6.39. The molecule has 1 aliphatic heterocycles. The highest BCUT2D eigenvalue weighted by Crippen LogP contribution is 2.18. The zero-order chi connectivity index (χ0) is 13.7. The molecule has 1 aromatic rings. The number of para-hydroxylation sites is 1. The van der Waals surface area contributed by atoms with Gasteiger partial charge in [0.2, 0.25) is 5.91 Å². The van der Waals surface area contributed by atoms with Gasteiger partial charge in [-0.25, -0.2) is 4.79 Å². The van der Waals surface area contributed by atoms with Crippen molar-refractivity contribution >= 4 is 17.6 Å². The van der Waals surface area contributed by atoms with E-state index in [-0.39, 0.29) is 17.6 Å². The molecule has 0 aliphatic carbocycles. The number of carbonyl (C=O) groups is 2. The summed E-state index contributed by atoms with van der Waals surface area (Å²) >= 11 is 0. The van der Waals surface area contributed by atoms with Crippen LogP contribution in [-0.4, -0.2) is 29.7 Å². The molecule has 2 N–H and O–H groups in total. The Morgan fingerprint density at radius 1 is 1.37 bits per heavy atom. The standard InChI is InChI=1S/C14H17NO4/c16-13(8-7-10-4-3-9-19-10)15-12-6-2-1-5-11(12)14(17)18/h1-2,5-6,10H,3-4,7-9H2,(H,15,16)(H,17,18). The summed E-state index contributed by atoms with van der Waals surface area (Å²) < 4.78 is 5.44. The monoisotopic (exact) mass is 263 g/mol. The molecule has 0 spiro atoms. The number of hydrogen-bond donors (Lipinski definition) is 2. The summed E-state index contributed by atoms with van der Waals surface area (Å²) in [5.41, 5.74) is 0.445. The van der Waals surface area contributed by atoms with E-state index in [0.29, 0.717) is 18.5 Å². The Balaban J connectivity index is 1.89. The first kappa shape index (κ1) is 13.5. The normalized spacial score (nSPS) is 18.2. The second-order valence-electron chi connectivity index (χ2n) is 4.57. The minimum Gasteiger partial charge on any atom is -0.478 e. The van der Waals surface area contributed by atoms with Crippen molar-refractivity contribution in [2.45, 2.75) is 31.8 Å². The van der Waals surface area contributed by atoms with E-state index >= 15 is 0 Å². The first-order chi connectivity index (χ1) is 9.16. The Morgan fingerprint density at radius 2 is 2.16 bits per heavy atom. The summed E-state index contributed by atoms with van der Waals surface area (Å²) in [5.74, 6) is -1.22. The molecule has 1 amide bonds. The Kier molecular flexibility index (Phi) is 4.52. The van der Waals surface area contributed by atoms with Crippen LogP contribution in [0, 0.1) is 0 Å². The van der Waals surface area contributed by atoms with Crippen LogP contribution < -0.4 is 5.32 Å². The highest BCUT2D eigenvalue weighted by Gasteiger charge is 2.17. The van der Waals surface area contributed by atoms with Gasteiger partial charge in [-0.05, 0) is 31.4 Å².